The summed E-state index contributed by atoms with van der Waals surface area (Å²) in [6.07, 6.45) is 0. The van der Waals surface area contributed by atoms with Crippen LogP contribution >= 0.6 is 0 Å². The molecule has 0 unspecified atom stereocenters. The van der Waals surface area contributed by atoms with Gasteiger partial charge in [0.05, 0.1) is 5.92 Å². The summed E-state index contributed by atoms with van der Waals surface area (Å²) in [6.45, 7) is 4.59. The van der Waals surface area contributed by atoms with Gasteiger partial charge >= 0.3 is 0 Å². The van der Waals surface area contributed by atoms with Gasteiger partial charge in [0, 0.05) is 16.5 Å². The van der Waals surface area contributed by atoms with Crippen LogP contribution in [-0.2, 0) is 5.41 Å². The van der Waals surface area contributed by atoms with Crippen LogP contribution in [0.4, 0.5) is 0 Å². The van der Waals surface area contributed by atoms with Crippen molar-refractivity contribution >= 4 is 11.1 Å². The maximum atomic E-state index is 6.37. The second-order valence-corrected chi connectivity index (χ2v) is 13.8. The number of rotatable bonds is 3. The van der Waals surface area contributed by atoms with E-state index >= 15 is 0 Å². The van der Waals surface area contributed by atoms with Gasteiger partial charge in [0.25, 0.3) is 0 Å². The zero-order chi connectivity index (χ0) is 32.7. The number of hydrogen-bond donors (Lipinski definition) is 0. The minimum Gasteiger partial charge on any atom is -0.457 e. The fourth-order valence-electron chi connectivity index (χ4n) is 8.44. The van der Waals surface area contributed by atoms with Crippen LogP contribution < -0.4 is 4.74 Å². The smallest absolute Gasteiger partial charge is 0.131 e. The quantitative estimate of drug-likeness (QED) is 0.190. The maximum absolute atomic E-state index is 6.37. The fraction of sp³-hybridized carbons (Fsp3) is 0.0625. The first-order chi connectivity index (χ1) is 24.1. The van der Waals surface area contributed by atoms with Crippen LogP contribution in [0.25, 0.3) is 44.5 Å². The standard InChI is InChI=1S/C48H33O/c1-48(2)41-21-11-12-22-43(41)49-44-28-27-32(29-42(44)48)30-23-25-31(26-24-30)45(46-37-17-7-3-13-33(37)34-14-4-8-18-38(34)46)47-39-19-9-5-15-35(39)36-16-6-10-20-40(36)47/h3-29H,1-2H3. The van der Waals surface area contributed by atoms with Crippen LogP contribution in [0.1, 0.15) is 52.8 Å². The van der Waals surface area contributed by atoms with Gasteiger partial charge in [0.2, 0.25) is 0 Å². The minimum atomic E-state index is -0.166. The molecule has 7 aromatic carbocycles. The van der Waals surface area contributed by atoms with Crippen molar-refractivity contribution in [3.8, 4) is 44.9 Å². The lowest BCUT2D eigenvalue weighted by atomic mass is 9.75. The molecule has 2 aliphatic carbocycles. The van der Waals surface area contributed by atoms with E-state index in [0.29, 0.717) is 0 Å². The van der Waals surface area contributed by atoms with Gasteiger partial charge in [0.1, 0.15) is 11.5 Å². The first-order valence-corrected chi connectivity index (χ1v) is 17.1. The molecule has 1 nitrogen and oxygen atoms in total. The van der Waals surface area contributed by atoms with Crippen LogP contribution in [0.3, 0.4) is 0 Å². The lowest BCUT2D eigenvalue weighted by Gasteiger charge is -2.34. The molecule has 0 saturated carbocycles. The molecular formula is C48H33O. The molecule has 1 heterocycles. The summed E-state index contributed by atoms with van der Waals surface area (Å²) in [5.74, 6) is 3.18. The molecule has 0 fully saturated rings. The topological polar surface area (TPSA) is 9.23 Å². The minimum absolute atomic E-state index is 0.166. The Labute approximate surface area is 287 Å². The van der Waals surface area contributed by atoms with E-state index < -0.39 is 0 Å². The molecule has 3 aliphatic rings. The third-order valence-electron chi connectivity index (χ3n) is 10.8. The number of benzene rings is 7. The lowest BCUT2D eigenvalue weighted by molar-refractivity contribution is 0.418. The highest BCUT2D eigenvalue weighted by Crippen LogP contribution is 2.56. The Morgan fingerprint density at radius 3 is 1.45 bits per heavy atom. The predicted molar refractivity (Wildman–Crippen MR) is 202 cm³/mol. The maximum Gasteiger partial charge on any atom is 0.131 e. The Morgan fingerprint density at radius 1 is 0.408 bits per heavy atom. The third-order valence-corrected chi connectivity index (χ3v) is 10.8. The van der Waals surface area contributed by atoms with E-state index in [1.165, 1.54) is 89.4 Å². The Kier molecular flexibility index (Phi) is 6.05. The van der Waals surface area contributed by atoms with E-state index in [-0.39, 0.29) is 5.41 Å². The molecule has 49 heavy (non-hydrogen) atoms. The summed E-state index contributed by atoms with van der Waals surface area (Å²) < 4.78 is 6.37. The molecule has 1 radical (unpaired) electrons. The number of fused-ring (bicyclic) bond motifs is 8. The zero-order valence-corrected chi connectivity index (χ0v) is 27.5. The normalized spacial score (nSPS) is 14.5. The molecule has 1 aliphatic heterocycles. The van der Waals surface area contributed by atoms with Crippen molar-refractivity contribution in [2.75, 3.05) is 0 Å². The van der Waals surface area contributed by atoms with Crippen LogP contribution in [0.5, 0.6) is 11.5 Å². The summed E-state index contributed by atoms with van der Waals surface area (Å²) in [7, 11) is 0. The second-order valence-electron chi connectivity index (χ2n) is 13.8. The number of para-hydroxylation sites is 1. The molecule has 0 spiro atoms. The van der Waals surface area contributed by atoms with Gasteiger partial charge in [0.15, 0.2) is 0 Å². The molecule has 1 heteroatoms. The van der Waals surface area contributed by atoms with Gasteiger partial charge in [-0.15, -0.1) is 0 Å². The van der Waals surface area contributed by atoms with E-state index in [9.17, 15) is 0 Å². The molecule has 7 aromatic rings. The van der Waals surface area contributed by atoms with E-state index in [2.05, 4.69) is 172 Å². The van der Waals surface area contributed by atoms with E-state index in [0.717, 1.165) is 11.5 Å². The highest BCUT2D eigenvalue weighted by atomic mass is 16.5. The zero-order valence-electron chi connectivity index (χ0n) is 27.5. The number of ether oxygens (including phenoxy) is 1. The molecular weight excluding hydrogens is 593 g/mol. The lowest BCUT2D eigenvalue weighted by Crippen LogP contribution is -2.24. The Hall–Kier alpha value is -5.92. The van der Waals surface area contributed by atoms with Gasteiger partial charge in [-0.05, 0) is 90.5 Å². The molecule has 10 rings (SSSR count). The summed E-state index contributed by atoms with van der Waals surface area (Å²) in [4.78, 5) is 0. The van der Waals surface area contributed by atoms with Gasteiger partial charge in [-0.25, -0.2) is 0 Å². The average Bonchev–Trinajstić information content (AvgIpc) is 3.66. The third kappa shape index (κ3) is 4.12. The summed E-state index contributed by atoms with van der Waals surface area (Å²) in [5, 5.41) is 0. The van der Waals surface area contributed by atoms with Crippen LogP contribution in [-0.4, -0.2) is 0 Å². The Balaban J connectivity index is 1.17. The molecule has 0 N–H and O–H groups in total. The molecule has 0 bridgehead atoms. The highest BCUT2D eigenvalue weighted by Gasteiger charge is 2.37. The highest BCUT2D eigenvalue weighted by molar-refractivity contribution is 6.16. The molecule has 0 atom stereocenters. The van der Waals surface area contributed by atoms with Crippen molar-refractivity contribution in [3.05, 3.63) is 209 Å². The summed E-state index contributed by atoms with van der Waals surface area (Å²) in [5.41, 5.74) is 18.8. The molecule has 231 valence electrons. The van der Waals surface area contributed by atoms with Gasteiger partial charge in [-0.3, -0.25) is 0 Å². The molecule has 0 aromatic heterocycles. The average molecular weight is 626 g/mol. The van der Waals surface area contributed by atoms with Crippen molar-refractivity contribution in [3.63, 3.8) is 0 Å². The SMILES string of the molecule is CC1(C)c2ccccc2Oc2ccc(-c3ccc(C([C]4c5ccccc5-c5ccccc54)=C4c5ccccc5-c5ccccc54)cc3)cc21. The largest absolute Gasteiger partial charge is 0.457 e. The van der Waals surface area contributed by atoms with Crippen LogP contribution in [0, 0.1) is 5.92 Å². The fourth-order valence-corrected chi connectivity index (χ4v) is 8.44. The van der Waals surface area contributed by atoms with E-state index in [1.54, 1.807) is 0 Å². The van der Waals surface area contributed by atoms with Crippen molar-refractivity contribution in [2.45, 2.75) is 19.3 Å². The monoisotopic (exact) mass is 625 g/mol. The predicted octanol–water partition coefficient (Wildman–Crippen LogP) is 12.4. The van der Waals surface area contributed by atoms with Crippen molar-refractivity contribution in [1.29, 1.82) is 0 Å². The van der Waals surface area contributed by atoms with Crippen molar-refractivity contribution in [2.24, 2.45) is 0 Å². The van der Waals surface area contributed by atoms with Crippen LogP contribution in [0.15, 0.2) is 164 Å². The number of allylic oxidation sites excluding steroid dienone is 1. The molecule has 0 saturated heterocycles. The van der Waals surface area contributed by atoms with E-state index in [1.807, 2.05) is 6.07 Å². The Morgan fingerprint density at radius 2 is 0.857 bits per heavy atom. The first-order valence-electron chi connectivity index (χ1n) is 17.1. The van der Waals surface area contributed by atoms with Crippen molar-refractivity contribution in [1.82, 2.24) is 0 Å². The van der Waals surface area contributed by atoms with Gasteiger partial charge < -0.3 is 4.74 Å². The van der Waals surface area contributed by atoms with Gasteiger partial charge in [-0.2, -0.15) is 0 Å². The Bertz CT molecular complexity index is 2400. The molecule has 0 amide bonds. The summed E-state index contributed by atoms with van der Waals surface area (Å²) in [6, 6.07) is 59.9. The second kappa shape index (κ2) is 10.5. The number of hydrogen-bond acceptors (Lipinski definition) is 1. The summed E-state index contributed by atoms with van der Waals surface area (Å²) >= 11 is 0. The van der Waals surface area contributed by atoms with Crippen molar-refractivity contribution < 1.29 is 4.74 Å². The van der Waals surface area contributed by atoms with E-state index in [4.69, 9.17) is 4.74 Å². The van der Waals surface area contributed by atoms with Gasteiger partial charge in [-0.1, -0.05) is 159 Å². The first kappa shape index (κ1) is 28.1. The van der Waals surface area contributed by atoms with Crippen LogP contribution in [0.2, 0.25) is 0 Å².